The maximum absolute atomic E-state index is 12.8. The fourth-order valence-corrected chi connectivity index (χ4v) is 3.77. The molecule has 2 heterocycles. The van der Waals surface area contributed by atoms with Crippen LogP contribution in [0.1, 0.15) is 82.0 Å². The molecule has 5 nitrogen and oxygen atoms in total. The molecule has 2 aromatic heterocycles. The lowest BCUT2D eigenvalue weighted by atomic mass is 10.1. The topological polar surface area (TPSA) is 61.2 Å². The number of unbranched alkanes of at least 4 members (excludes halogenated alkanes) is 7. The quantitative estimate of drug-likeness (QED) is 0.378. The molecule has 0 radical (unpaired) electrons. The van der Waals surface area contributed by atoms with Crippen molar-refractivity contribution in [2.45, 2.75) is 78.2 Å². The van der Waals surface area contributed by atoms with E-state index in [0.29, 0.717) is 28.9 Å². The van der Waals surface area contributed by atoms with Crippen molar-refractivity contribution in [3.8, 4) is 0 Å². The third-order valence-electron chi connectivity index (χ3n) is 4.51. The van der Waals surface area contributed by atoms with E-state index >= 15 is 0 Å². The summed E-state index contributed by atoms with van der Waals surface area (Å²) in [4.78, 5) is 30.0. The highest BCUT2D eigenvalue weighted by Gasteiger charge is 2.18. The van der Waals surface area contributed by atoms with Crippen LogP contribution in [0.25, 0.3) is 10.2 Å². The molecule has 0 saturated heterocycles. The van der Waals surface area contributed by atoms with Crippen LogP contribution in [0.3, 0.4) is 0 Å². The molecule has 26 heavy (non-hydrogen) atoms. The van der Waals surface area contributed by atoms with Gasteiger partial charge >= 0.3 is 5.97 Å². The predicted octanol–water partition coefficient (Wildman–Crippen LogP) is 5.17. The number of aromatic nitrogens is 2. The lowest BCUT2D eigenvalue weighted by Crippen LogP contribution is -2.22. The molecule has 0 aliphatic rings. The number of nitrogens with zero attached hydrogens (tertiary/aromatic N) is 2. The summed E-state index contributed by atoms with van der Waals surface area (Å²) in [6, 6.07) is 0. The molecular weight excluding hydrogens is 348 g/mol. The zero-order valence-corrected chi connectivity index (χ0v) is 16.8. The van der Waals surface area contributed by atoms with Crippen molar-refractivity contribution in [3.05, 3.63) is 27.6 Å². The van der Waals surface area contributed by atoms with Gasteiger partial charge in [0.15, 0.2) is 0 Å². The molecule has 0 atom stereocenters. The minimum atomic E-state index is -0.419. The van der Waals surface area contributed by atoms with Gasteiger partial charge in [0.25, 0.3) is 5.56 Å². The fraction of sp³-hybridized carbons (Fsp3) is 0.650. The maximum atomic E-state index is 12.8. The Kier molecular flexibility index (Phi) is 8.81. The second kappa shape index (κ2) is 11.1. The number of hydrogen-bond acceptors (Lipinski definition) is 5. The molecular formula is C20H30N2O3S. The summed E-state index contributed by atoms with van der Waals surface area (Å²) in [6.07, 6.45) is 11.8. The van der Waals surface area contributed by atoms with Crippen molar-refractivity contribution in [2.24, 2.45) is 0 Å². The Bertz CT molecular complexity index is 751. The average Bonchev–Trinajstić information content (AvgIpc) is 3.08. The molecule has 0 aliphatic heterocycles. The number of rotatable bonds is 12. The number of carbonyl (C=O) groups excluding carboxylic acids is 1. The Morgan fingerprint density at radius 2 is 1.77 bits per heavy atom. The zero-order valence-electron chi connectivity index (χ0n) is 16.0. The number of fused-ring (bicyclic) bond motifs is 1. The van der Waals surface area contributed by atoms with Crippen LogP contribution in [0.2, 0.25) is 0 Å². The van der Waals surface area contributed by atoms with Gasteiger partial charge in [-0.1, -0.05) is 58.8 Å². The molecule has 0 spiro atoms. The van der Waals surface area contributed by atoms with E-state index in [2.05, 4.69) is 11.9 Å². The van der Waals surface area contributed by atoms with Gasteiger partial charge in [0, 0.05) is 11.9 Å². The third-order valence-corrected chi connectivity index (χ3v) is 5.40. The first-order valence-electron chi connectivity index (χ1n) is 9.82. The van der Waals surface area contributed by atoms with Gasteiger partial charge in [-0.15, -0.1) is 11.3 Å². The second-order valence-corrected chi connectivity index (χ2v) is 7.54. The van der Waals surface area contributed by atoms with Gasteiger partial charge in [-0.05, 0) is 12.8 Å². The molecule has 0 fully saturated rings. The van der Waals surface area contributed by atoms with Gasteiger partial charge < -0.3 is 4.74 Å². The van der Waals surface area contributed by atoms with Gasteiger partial charge in [0.05, 0.1) is 23.9 Å². The van der Waals surface area contributed by atoms with Crippen LogP contribution in [0.15, 0.2) is 16.5 Å². The number of thiophene rings is 1. The normalized spacial score (nSPS) is 11.2. The van der Waals surface area contributed by atoms with Crippen LogP contribution in [-0.2, 0) is 11.3 Å². The molecule has 6 heteroatoms. The summed E-state index contributed by atoms with van der Waals surface area (Å²) in [5, 5.41) is 2.09. The molecule has 0 N–H and O–H groups in total. The van der Waals surface area contributed by atoms with Gasteiger partial charge in [0.1, 0.15) is 4.83 Å². The Hall–Kier alpha value is -1.69. The lowest BCUT2D eigenvalue weighted by Gasteiger charge is -2.06. The zero-order chi connectivity index (χ0) is 18.8. The van der Waals surface area contributed by atoms with Crippen molar-refractivity contribution in [2.75, 3.05) is 6.61 Å². The molecule has 0 aromatic carbocycles. The van der Waals surface area contributed by atoms with Crippen molar-refractivity contribution in [1.29, 1.82) is 0 Å². The lowest BCUT2D eigenvalue weighted by molar-refractivity contribution is 0.0502. The van der Waals surface area contributed by atoms with Crippen molar-refractivity contribution in [1.82, 2.24) is 9.55 Å². The number of carbonyl (C=O) groups is 1. The molecule has 0 amide bonds. The summed E-state index contributed by atoms with van der Waals surface area (Å²) < 4.78 is 6.90. The van der Waals surface area contributed by atoms with E-state index in [1.54, 1.807) is 16.3 Å². The fourth-order valence-electron chi connectivity index (χ4n) is 2.90. The summed E-state index contributed by atoms with van der Waals surface area (Å²) in [5.41, 5.74) is 0.220. The van der Waals surface area contributed by atoms with Gasteiger partial charge in [0.2, 0.25) is 0 Å². The Balaban J connectivity index is 1.99. The molecule has 0 bridgehead atoms. The highest BCUT2D eigenvalue weighted by molar-refractivity contribution is 7.17. The van der Waals surface area contributed by atoms with Gasteiger partial charge in [-0.3, -0.25) is 9.36 Å². The second-order valence-electron chi connectivity index (χ2n) is 6.68. The maximum Gasteiger partial charge on any atom is 0.339 e. The average molecular weight is 379 g/mol. The minimum absolute atomic E-state index is 0.135. The van der Waals surface area contributed by atoms with E-state index in [1.165, 1.54) is 43.4 Å². The van der Waals surface area contributed by atoms with Crippen LogP contribution in [0.5, 0.6) is 0 Å². The van der Waals surface area contributed by atoms with Crippen LogP contribution < -0.4 is 5.56 Å². The highest BCUT2D eigenvalue weighted by Crippen LogP contribution is 2.21. The van der Waals surface area contributed by atoms with E-state index in [-0.39, 0.29) is 5.56 Å². The SMILES string of the molecule is CCCCCCCCCn1cnc2scc(C(=O)OCCCC)c2c1=O. The van der Waals surface area contributed by atoms with E-state index < -0.39 is 5.97 Å². The monoisotopic (exact) mass is 378 g/mol. The van der Waals surface area contributed by atoms with Crippen LogP contribution in [0.4, 0.5) is 0 Å². The Morgan fingerprint density at radius 1 is 1.08 bits per heavy atom. The minimum Gasteiger partial charge on any atom is -0.462 e. The molecule has 2 rings (SSSR count). The number of aryl methyl sites for hydroxylation is 1. The van der Waals surface area contributed by atoms with Gasteiger partial charge in [-0.25, -0.2) is 9.78 Å². The first-order chi connectivity index (χ1) is 12.7. The van der Waals surface area contributed by atoms with Crippen LogP contribution in [-0.4, -0.2) is 22.1 Å². The van der Waals surface area contributed by atoms with Crippen LogP contribution in [0, 0.1) is 0 Å². The molecule has 0 unspecified atom stereocenters. The van der Waals surface area contributed by atoms with E-state index in [0.717, 1.165) is 25.7 Å². The smallest absolute Gasteiger partial charge is 0.339 e. The Labute approximate surface area is 159 Å². The first-order valence-corrected chi connectivity index (χ1v) is 10.7. The van der Waals surface area contributed by atoms with E-state index in [1.807, 2.05) is 6.92 Å². The van der Waals surface area contributed by atoms with Gasteiger partial charge in [-0.2, -0.15) is 0 Å². The largest absolute Gasteiger partial charge is 0.462 e. The molecule has 2 aromatic rings. The number of hydrogen-bond donors (Lipinski definition) is 0. The van der Waals surface area contributed by atoms with Crippen molar-refractivity contribution >= 4 is 27.5 Å². The first kappa shape index (κ1) is 20.6. The molecule has 0 saturated carbocycles. The number of esters is 1. The number of ether oxygens (including phenoxy) is 1. The summed E-state index contributed by atoms with van der Waals surface area (Å²) in [5.74, 6) is -0.419. The highest BCUT2D eigenvalue weighted by atomic mass is 32.1. The summed E-state index contributed by atoms with van der Waals surface area (Å²) >= 11 is 1.32. The molecule has 0 aliphatic carbocycles. The van der Waals surface area contributed by atoms with E-state index in [9.17, 15) is 9.59 Å². The third kappa shape index (κ3) is 5.66. The van der Waals surface area contributed by atoms with Crippen molar-refractivity contribution < 1.29 is 9.53 Å². The van der Waals surface area contributed by atoms with E-state index in [4.69, 9.17) is 4.74 Å². The summed E-state index contributed by atoms with van der Waals surface area (Å²) in [6.45, 7) is 5.29. The van der Waals surface area contributed by atoms with Crippen molar-refractivity contribution in [3.63, 3.8) is 0 Å². The molecule has 144 valence electrons. The Morgan fingerprint density at radius 3 is 2.50 bits per heavy atom. The summed E-state index contributed by atoms with van der Waals surface area (Å²) in [7, 11) is 0. The predicted molar refractivity (Wildman–Crippen MR) is 107 cm³/mol. The standard InChI is InChI=1S/C20H30N2O3S/c1-3-5-7-8-9-10-11-12-22-15-21-18-17(19(22)23)16(14-26-18)20(24)25-13-6-4-2/h14-15H,3-13H2,1-2H3. The van der Waals surface area contributed by atoms with Crippen LogP contribution >= 0.6 is 11.3 Å².